The van der Waals surface area contributed by atoms with Gasteiger partial charge >= 0.3 is 0 Å². The first-order valence-electron chi connectivity index (χ1n) is 6.18. The number of rotatable bonds is 3. The average Bonchev–Trinajstić information content (AvgIpc) is 2.43. The summed E-state index contributed by atoms with van der Waals surface area (Å²) in [5.41, 5.74) is 3.58. The topological polar surface area (TPSA) is 9.23 Å². The first-order chi connectivity index (χ1) is 9.43. The zero-order valence-corrected chi connectivity index (χ0v) is 13.8. The number of alkyl halides is 1. The van der Waals surface area contributed by atoms with Crippen molar-refractivity contribution in [3.05, 3.63) is 62.9 Å². The lowest BCUT2D eigenvalue weighted by Crippen LogP contribution is -2.01. The molecule has 0 radical (unpaired) electrons. The van der Waals surface area contributed by atoms with Crippen LogP contribution in [0.4, 0.5) is 4.39 Å². The van der Waals surface area contributed by atoms with Gasteiger partial charge in [0.15, 0.2) is 0 Å². The molecule has 2 rings (SSSR count). The SMILES string of the molecule is COc1cc(C)c(Br)cc1C(Cl)c1cc(F)ccc1C. The van der Waals surface area contributed by atoms with Crippen molar-refractivity contribution in [1.29, 1.82) is 0 Å². The van der Waals surface area contributed by atoms with Crippen molar-refractivity contribution in [3.63, 3.8) is 0 Å². The number of methoxy groups -OCH3 is 1. The predicted molar refractivity (Wildman–Crippen MR) is 84.3 cm³/mol. The van der Waals surface area contributed by atoms with Crippen LogP contribution in [-0.4, -0.2) is 7.11 Å². The third kappa shape index (κ3) is 2.99. The average molecular weight is 358 g/mol. The van der Waals surface area contributed by atoms with E-state index in [0.717, 1.165) is 26.7 Å². The highest BCUT2D eigenvalue weighted by Crippen LogP contribution is 2.39. The molecular formula is C16H15BrClFO. The Kier molecular flexibility index (Phi) is 4.71. The van der Waals surface area contributed by atoms with E-state index in [9.17, 15) is 4.39 Å². The van der Waals surface area contributed by atoms with Gasteiger partial charge in [-0.15, -0.1) is 11.6 Å². The quantitative estimate of drug-likeness (QED) is 0.655. The number of benzene rings is 2. The van der Waals surface area contributed by atoms with Gasteiger partial charge in [-0.3, -0.25) is 0 Å². The van der Waals surface area contributed by atoms with E-state index in [1.54, 1.807) is 13.2 Å². The van der Waals surface area contributed by atoms with Crippen LogP contribution in [0, 0.1) is 19.7 Å². The summed E-state index contributed by atoms with van der Waals surface area (Å²) in [6.07, 6.45) is 0. The molecule has 0 fully saturated rings. The van der Waals surface area contributed by atoms with Crippen molar-refractivity contribution in [2.75, 3.05) is 7.11 Å². The Morgan fingerprint density at radius 1 is 1.10 bits per heavy atom. The molecule has 2 aromatic rings. The van der Waals surface area contributed by atoms with E-state index in [1.807, 2.05) is 26.0 Å². The molecule has 0 spiro atoms. The largest absolute Gasteiger partial charge is 0.496 e. The molecule has 0 aliphatic rings. The molecule has 1 nitrogen and oxygen atoms in total. The van der Waals surface area contributed by atoms with Gasteiger partial charge in [-0.2, -0.15) is 0 Å². The first kappa shape index (κ1) is 15.3. The predicted octanol–water partition coefficient (Wildman–Crippen LogP) is 5.54. The van der Waals surface area contributed by atoms with Crippen LogP contribution in [0.25, 0.3) is 0 Å². The van der Waals surface area contributed by atoms with Gasteiger partial charge in [0.1, 0.15) is 11.6 Å². The molecule has 0 aliphatic heterocycles. The van der Waals surface area contributed by atoms with Crippen LogP contribution in [0.3, 0.4) is 0 Å². The second-order valence-corrected chi connectivity index (χ2v) is 6.00. The molecule has 1 atom stereocenters. The number of aryl methyl sites for hydroxylation is 2. The van der Waals surface area contributed by atoms with E-state index in [4.69, 9.17) is 16.3 Å². The molecule has 0 N–H and O–H groups in total. The van der Waals surface area contributed by atoms with Gasteiger partial charge in [-0.05, 0) is 54.8 Å². The number of ether oxygens (including phenoxy) is 1. The van der Waals surface area contributed by atoms with Gasteiger partial charge in [0.25, 0.3) is 0 Å². The van der Waals surface area contributed by atoms with Crippen LogP contribution in [-0.2, 0) is 0 Å². The maximum atomic E-state index is 13.4. The zero-order chi connectivity index (χ0) is 14.9. The molecule has 4 heteroatoms. The zero-order valence-electron chi connectivity index (χ0n) is 11.5. The summed E-state index contributed by atoms with van der Waals surface area (Å²) in [7, 11) is 1.61. The monoisotopic (exact) mass is 356 g/mol. The highest BCUT2D eigenvalue weighted by atomic mass is 79.9. The maximum Gasteiger partial charge on any atom is 0.124 e. The van der Waals surface area contributed by atoms with Gasteiger partial charge in [0.2, 0.25) is 0 Å². The molecule has 0 saturated heterocycles. The summed E-state index contributed by atoms with van der Waals surface area (Å²) in [4.78, 5) is 0. The van der Waals surface area contributed by atoms with Crippen molar-refractivity contribution in [2.45, 2.75) is 19.2 Å². The lowest BCUT2D eigenvalue weighted by atomic mass is 9.98. The fourth-order valence-electron chi connectivity index (χ4n) is 2.10. The van der Waals surface area contributed by atoms with Crippen LogP contribution in [0.15, 0.2) is 34.8 Å². The normalized spacial score (nSPS) is 12.3. The van der Waals surface area contributed by atoms with Crippen molar-refractivity contribution < 1.29 is 9.13 Å². The summed E-state index contributed by atoms with van der Waals surface area (Å²) in [5.74, 6) is 0.413. The van der Waals surface area contributed by atoms with Crippen LogP contribution >= 0.6 is 27.5 Å². The molecule has 0 saturated carbocycles. The van der Waals surface area contributed by atoms with Crippen molar-refractivity contribution >= 4 is 27.5 Å². The third-order valence-electron chi connectivity index (χ3n) is 3.30. The summed E-state index contributed by atoms with van der Waals surface area (Å²) in [5, 5.41) is -0.461. The van der Waals surface area contributed by atoms with Gasteiger partial charge in [-0.1, -0.05) is 22.0 Å². The Balaban J connectivity index is 2.55. The molecule has 20 heavy (non-hydrogen) atoms. The molecule has 0 aromatic heterocycles. The highest BCUT2D eigenvalue weighted by molar-refractivity contribution is 9.10. The second-order valence-electron chi connectivity index (χ2n) is 4.71. The van der Waals surface area contributed by atoms with Crippen molar-refractivity contribution in [3.8, 4) is 5.75 Å². The fraction of sp³-hybridized carbons (Fsp3) is 0.250. The van der Waals surface area contributed by atoms with E-state index in [2.05, 4.69) is 15.9 Å². The number of halogens is 3. The highest BCUT2D eigenvalue weighted by Gasteiger charge is 2.19. The van der Waals surface area contributed by atoms with E-state index >= 15 is 0 Å². The van der Waals surface area contributed by atoms with Gasteiger partial charge in [0, 0.05) is 10.0 Å². The van der Waals surface area contributed by atoms with Crippen LogP contribution in [0.2, 0.25) is 0 Å². The van der Waals surface area contributed by atoms with E-state index < -0.39 is 5.38 Å². The van der Waals surface area contributed by atoms with Crippen LogP contribution in [0.5, 0.6) is 5.75 Å². The lowest BCUT2D eigenvalue weighted by Gasteiger charge is -2.18. The Morgan fingerprint density at radius 3 is 2.45 bits per heavy atom. The number of hydrogen-bond acceptors (Lipinski definition) is 1. The van der Waals surface area contributed by atoms with Gasteiger partial charge in [-0.25, -0.2) is 4.39 Å². The minimum absolute atomic E-state index is 0.290. The van der Waals surface area contributed by atoms with E-state index in [0.29, 0.717) is 5.75 Å². The molecule has 0 heterocycles. The maximum absolute atomic E-state index is 13.4. The van der Waals surface area contributed by atoms with Crippen LogP contribution in [0.1, 0.15) is 27.6 Å². The standard InChI is InChI=1S/C16H15BrClFO/c1-9-4-5-11(19)7-12(9)16(18)13-8-14(17)10(2)6-15(13)20-3/h4-8,16H,1-3H3. The van der Waals surface area contributed by atoms with Crippen molar-refractivity contribution in [1.82, 2.24) is 0 Å². The number of hydrogen-bond donors (Lipinski definition) is 0. The Morgan fingerprint density at radius 2 is 1.80 bits per heavy atom. The Labute approximate surface area is 131 Å². The first-order valence-corrected chi connectivity index (χ1v) is 7.41. The molecule has 0 aliphatic carbocycles. The molecule has 0 bridgehead atoms. The fourth-order valence-corrected chi connectivity index (χ4v) is 2.86. The summed E-state index contributed by atoms with van der Waals surface area (Å²) in [6.45, 7) is 3.90. The van der Waals surface area contributed by atoms with Crippen molar-refractivity contribution in [2.24, 2.45) is 0 Å². The van der Waals surface area contributed by atoms with Gasteiger partial charge < -0.3 is 4.74 Å². The van der Waals surface area contributed by atoms with Crippen LogP contribution < -0.4 is 4.74 Å². The van der Waals surface area contributed by atoms with E-state index in [-0.39, 0.29) is 5.82 Å². The minimum atomic E-state index is -0.461. The summed E-state index contributed by atoms with van der Waals surface area (Å²) < 4.78 is 19.8. The molecule has 0 amide bonds. The lowest BCUT2D eigenvalue weighted by molar-refractivity contribution is 0.409. The molecule has 1 unspecified atom stereocenters. The Hall–Kier alpha value is -1.06. The Bertz CT molecular complexity index is 643. The van der Waals surface area contributed by atoms with E-state index in [1.165, 1.54) is 12.1 Å². The minimum Gasteiger partial charge on any atom is -0.496 e. The molecular weight excluding hydrogens is 343 g/mol. The molecule has 2 aromatic carbocycles. The smallest absolute Gasteiger partial charge is 0.124 e. The van der Waals surface area contributed by atoms with Gasteiger partial charge in [0.05, 0.1) is 12.5 Å². The summed E-state index contributed by atoms with van der Waals surface area (Å²) in [6, 6.07) is 8.49. The second kappa shape index (κ2) is 6.15. The molecule has 106 valence electrons. The summed E-state index contributed by atoms with van der Waals surface area (Å²) >= 11 is 10.0. The third-order valence-corrected chi connectivity index (χ3v) is 4.62.